The number of halogens is 1. The van der Waals surface area contributed by atoms with E-state index in [1.54, 1.807) is 0 Å². The Kier molecular flexibility index (Phi) is 7.15. The smallest absolute Gasteiger partial charge is 0.317 e. The molecule has 1 aromatic carbocycles. The van der Waals surface area contributed by atoms with E-state index < -0.39 is 0 Å². The molecule has 1 saturated heterocycles. The molecule has 1 aliphatic rings. The second-order valence-electron chi connectivity index (χ2n) is 6.28. The van der Waals surface area contributed by atoms with Gasteiger partial charge in [0, 0.05) is 44.3 Å². The average molecular weight is 339 g/mol. The average Bonchev–Trinajstić information content (AvgIpc) is 2.54. The van der Waals surface area contributed by atoms with E-state index in [0.717, 1.165) is 57.3 Å². The van der Waals surface area contributed by atoms with Gasteiger partial charge in [0.2, 0.25) is 0 Å². The molecule has 2 rings (SSSR count). The van der Waals surface area contributed by atoms with Gasteiger partial charge in [-0.15, -0.1) is 0 Å². The maximum Gasteiger partial charge on any atom is 0.317 e. The van der Waals surface area contributed by atoms with Crippen molar-refractivity contribution < 1.29 is 4.79 Å². The molecule has 2 amide bonds. The third-order valence-corrected chi connectivity index (χ3v) is 4.29. The molecule has 0 aromatic heterocycles. The van der Waals surface area contributed by atoms with Crippen molar-refractivity contribution in [3.63, 3.8) is 0 Å². The highest BCUT2D eigenvalue weighted by Crippen LogP contribution is 2.12. The largest absolute Gasteiger partial charge is 0.338 e. The fourth-order valence-electron chi connectivity index (χ4n) is 2.66. The first-order valence-corrected chi connectivity index (χ1v) is 8.56. The van der Waals surface area contributed by atoms with Crippen LogP contribution < -0.4 is 5.32 Å². The third kappa shape index (κ3) is 6.37. The van der Waals surface area contributed by atoms with E-state index in [4.69, 9.17) is 11.6 Å². The number of hydrogen-bond donors (Lipinski definition) is 1. The molecule has 1 N–H and O–H groups in total. The van der Waals surface area contributed by atoms with Gasteiger partial charge in [-0.25, -0.2) is 4.79 Å². The molecule has 0 atom stereocenters. The van der Waals surface area contributed by atoms with E-state index >= 15 is 0 Å². The number of hydrogen-bond acceptors (Lipinski definition) is 3. The van der Waals surface area contributed by atoms with Crippen molar-refractivity contribution in [3.05, 3.63) is 34.9 Å². The van der Waals surface area contributed by atoms with Gasteiger partial charge in [0.1, 0.15) is 0 Å². The summed E-state index contributed by atoms with van der Waals surface area (Å²) in [6, 6.07) is 8.04. The fraction of sp³-hybridized carbons (Fsp3) is 0.588. The third-order valence-electron chi connectivity index (χ3n) is 4.04. The quantitative estimate of drug-likeness (QED) is 0.807. The maximum atomic E-state index is 12.1. The molecular formula is C17H27ClN4O. The van der Waals surface area contributed by atoms with Crippen molar-refractivity contribution in [1.29, 1.82) is 0 Å². The Morgan fingerprint density at radius 3 is 2.43 bits per heavy atom. The minimum absolute atomic E-state index is 0.0647. The lowest BCUT2D eigenvalue weighted by Crippen LogP contribution is -2.51. The van der Waals surface area contributed by atoms with Gasteiger partial charge in [-0.3, -0.25) is 4.90 Å². The van der Waals surface area contributed by atoms with E-state index in [1.807, 2.05) is 31.1 Å². The van der Waals surface area contributed by atoms with Gasteiger partial charge in [0.25, 0.3) is 0 Å². The molecule has 0 bridgehead atoms. The Bertz CT molecular complexity index is 484. The predicted molar refractivity (Wildman–Crippen MR) is 94.9 cm³/mol. The summed E-state index contributed by atoms with van der Waals surface area (Å²) in [5.74, 6) is 0. The van der Waals surface area contributed by atoms with Crippen LogP contribution in [0.5, 0.6) is 0 Å². The van der Waals surface area contributed by atoms with Crippen molar-refractivity contribution in [2.75, 3.05) is 53.4 Å². The van der Waals surface area contributed by atoms with Gasteiger partial charge >= 0.3 is 6.03 Å². The highest BCUT2D eigenvalue weighted by Gasteiger charge is 2.20. The Labute approximate surface area is 144 Å². The lowest BCUT2D eigenvalue weighted by molar-refractivity contribution is 0.135. The lowest BCUT2D eigenvalue weighted by atomic mass is 10.2. The first kappa shape index (κ1) is 18.0. The first-order valence-electron chi connectivity index (χ1n) is 8.19. The second kappa shape index (κ2) is 9.11. The summed E-state index contributed by atoms with van der Waals surface area (Å²) in [6.07, 6.45) is 0.981. The van der Waals surface area contributed by atoms with Crippen LogP contribution in [0.3, 0.4) is 0 Å². The number of carbonyl (C=O) groups is 1. The van der Waals surface area contributed by atoms with Crippen LogP contribution in [0.1, 0.15) is 12.0 Å². The van der Waals surface area contributed by atoms with Gasteiger partial charge in [-0.2, -0.15) is 0 Å². The summed E-state index contributed by atoms with van der Waals surface area (Å²) in [4.78, 5) is 18.5. The minimum atomic E-state index is 0.0647. The van der Waals surface area contributed by atoms with Crippen LogP contribution in [0.25, 0.3) is 0 Å². The molecule has 0 spiro atoms. The van der Waals surface area contributed by atoms with Crippen molar-refractivity contribution in [1.82, 2.24) is 20.0 Å². The van der Waals surface area contributed by atoms with Crippen LogP contribution in [0, 0.1) is 0 Å². The van der Waals surface area contributed by atoms with E-state index in [2.05, 4.69) is 27.2 Å². The van der Waals surface area contributed by atoms with Crippen LogP contribution in [0.15, 0.2) is 24.3 Å². The zero-order valence-corrected chi connectivity index (χ0v) is 14.9. The normalized spacial score (nSPS) is 15.9. The highest BCUT2D eigenvalue weighted by atomic mass is 35.5. The molecule has 23 heavy (non-hydrogen) atoms. The molecule has 6 heteroatoms. The molecule has 0 unspecified atom stereocenters. The zero-order chi connectivity index (χ0) is 16.7. The summed E-state index contributed by atoms with van der Waals surface area (Å²) in [5, 5.41) is 3.77. The summed E-state index contributed by atoms with van der Waals surface area (Å²) in [7, 11) is 4.09. The number of benzene rings is 1. The van der Waals surface area contributed by atoms with Gasteiger partial charge in [-0.1, -0.05) is 23.7 Å². The van der Waals surface area contributed by atoms with Crippen molar-refractivity contribution in [3.8, 4) is 0 Å². The molecule has 5 nitrogen and oxygen atoms in total. The summed E-state index contributed by atoms with van der Waals surface area (Å²) in [5.41, 5.74) is 1.26. The van der Waals surface area contributed by atoms with Crippen LogP contribution in [-0.2, 0) is 6.54 Å². The van der Waals surface area contributed by atoms with Crippen LogP contribution in [0.4, 0.5) is 4.79 Å². The van der Waals surface area contributed by atoms with E-state index in [-0.39, 0.29) is 6.03 Å². The van der Waals surface area contributed by atoms with Gasteiger partial charge in [-0.05, 0) is 44.8 Å². The standard InChI is InChI=1S/C17H27ClN4O/c1-20(2)9-3-8-19-17(23)22-12-10-21(11-13-22)14-15-4-6-16(18)7-5-15/h4-7H,3,8-14H2,1-2H3,(H,19,23). The van der Waals surface area contributed by atoms with Crippen LogP contribution >= 0.6 is 11.6 Å². The summed E-state index contributed by atoms with van der Waals surface area (Å²) in [6.45, 7) is 6.04. The molecule has 0 radical (unpaired) electrons. The number of amides is 2. The van der Waals surface area contributed by atoms with E-state index in [9.17, 15) is 4.79 Å². The Morgan fingerprint density at radius 2 is 1.83 bits per heavy atom. The molecule has 1 aromatic rings. The molecule has 128 valence electrons. The minimum Gasteiger partial charge on any atom is -0.338 e. The molecule has 0 saturated carbocycles. The predicted octanol–water partition coefficient (Wildman–Crippen LogP) is 2.12. The van der Waals surface area contributed by atoms with Crippen molar-refractivity contribution >= 4 is 17.6 Å². The zero-order valence-electron chi connectivity index (χ0n) is 14.1. The monoisotopic (exact) mass is 338 g/mol. The lowest BCUT2D eigenvalue weighted by Gasteiger charge is -2.34. The Hall–Kier alpha value is -1.30. The molecular weight excluding hydrogens is 312 g/mol. The maximum absolute atomic E-state index is 12.1. The summed E-state index contributed by atoms with van der Waals surface area (Å²) < 4.78 is 0. The number of carbonyl (C=O) groups excluding carboxylic acids is 1. The Morgan fingerprint density at radius 1 is 1.17 bits per heavy atom. The number of nitrogens with one attached hydrogen (secondary N) is 1. The second-order valence-corrected chi connectivity index (χ2v) is 6.71. The van der Waals surface area contributed by atoms with E-state index in [0.29, 0.717) is 0 Å². The summed E-state index contributed by atoms with van der Waals surface area (Å²) >= 11 is 5.91. The Balaban J connectivity index is 1.66. The molecule has 0 aliphatic carbocycles. The number of nitrogens with zero attached hydrogens (tertiary/aromatic N) is 3. The van der Waals surface area contributed by atoms with Crippen LogP contribution in [-0.4, -0.2) is 74.1 Å². The SMILES string of the molecule is CN(C)CCCNC(=O)N1CCN(Cc2ccc(Cl)cc2)CC1. The topological polar surface area (TPSA) is 38.8 Å². The van der Waals surface area contributed by atoms with Gasteiger partial charge in [0.05, 0.1) is 0 Å². The van der Waals surface area contributed by atoms with Crippen molar-refractivity contribution in [2.24, 2.45) is 0 Å². The number of rotatable bonds is 6. The first-order chi connectivity index (χ1) is 11.0. The van der Waals surface area contributed by atoms with Crippen LogP contribution in [0.2, 0.25) is 5.02 Å². The highest BCUT2D eigenvalue weighted by molar-refractivity contribution is 6.30. The van der Waals surface area contributed by atoms with Gasteiger partial charge in [0.15, 0.2) is 0 Å². The number of urea groups is 1. The van der Waals surface area contributed by atoms with Crippen molar-refractivity contribution in [2.45, 2.75) is 13.0 Å². The molecule has 1 heterocycles. The molecule has 1 aliphatic heterocycles. The fourth-order valence-corrected chi connectivity index (χ4v) is 2.79. The number of piperazine rings is 1. The van der Waals surface area contributed by atoms with Gasteiger partial charge < -0.3 is 15.1 Å². The van der Waals surface area contributed by atoms with E-state index in [1.165, 1.54) is 5.56 Å². The molecule has 1 fully saturated rings.